The molecule has 2 aromatic rings. The molecule has 0 fully saturated rings. The second-order valence-electron chi connectivity index (χ2n) is 4.80. The van der Waals surface area contributed by atoms with Crippen molar-refractivity contribution in [3.63, 3.8) is 0 Å². The number of carbonyl (C=O) groups is 1. The van der Waals surface area contributed by atoms with E-state index in [-0.39, 0.29) is 0 Å². The van der Waals surface area contributed by atoms with Gasteiger partial charge in [-0.25, -0.2) is 5.43 Å². The molecule has 0 aliphatic heterocycles. The number of rotatable bonds is 6. The average Bonchev–Trinajstić information content (AvgIpc) is 2.59. The highest BCUT2D eigenvalue weighted by Crippen LogP contribution is 2.35. The maximum absolute atomic E-state index is 12.0. The molecule has 0 aromatic heterocycles. The van der Waals surface area contributed by atoms with Gasteiger partial charge in [0.25, 0.3) is 5.91 Å². The van der Waals surface area contributed by atoms with Gasteiger partial charge in [-0.1, -0.05) is 34.8 Å². The number of halogens is 3. The van der Waals surface area contributed by atoms with Crippen LogP contribution in [0.1, 0.15) is 22.8 Å². The van der Waals surface area contributed by atoms with Crippen LogP contribution in [-0.2, 0) is 0 Å². The zero-order chi connectivity index (χ0) is 18.4. The van der Waals surface area contributed by atoms with Gasteiger partial charge in [-0.2, -0.15) is 5.10 Å². The molecule has 25 heavy (non-hydrogen) atoms. The highest BCUT2D eigenvalue weighted by Gasteiger charge is 2.11. The van der Waals surface area contributed by atoms with Crippen LogP contribution in [0.2, 0.25) is 15.1 Å². The van der Waals surface area contributed by atoms with Crippen LogP contribution in [0.5, 0.6) is 11.5 Å². The van der Waals surface area contributed by atoms with E-state index in [2.05, 4.69) is 10.5 Å². The second kappa shape index (κ2) is 8.94. The molecule has 132 valence electrons. The molecule has 8 heteroatoms. The largest absolute Gasteiger partial charge is 0.493 e. The van der Waals surface area contributed by atoms with Gasteiger partial charge in [-0.3, -0.25) is 4.79 Å². The normalized spacial score (nSPS) is 10.8. The zero-order valence-electron chi connectivity index (χ0n) is 13.5. The van der Waals surface area contributed by atoms with Gasteiger partial charge in [0.1, 0.15) is 0 Å². The number of nitrogens with one attached hydrogen (secondary N) is 1. The van der Waals surface area contributed by atoms with Crippen molar-refractivity contribution in [3.05, 3.63) is 56.5 Å². The van der Waals surface area contributed by atoms with Crippen molar-refractivity contribution < 1.29 is 14.3 Å². The van der Waals surface area contributed by atoms with E-state index in [0.29, 0.717) is 44.3 Å². The first-order chi connectivity index (χ1) is 12.0. The van der Waals surface area contributed by atoms with Crippen LogP contribution in [0, 0.1) is 0 Å². The fourth-order valence-corrected chi connectivity index (χ4v) is 2.54. The quantitative estimate of drug-likeness (QED) is 0.558. The van der Waals surface area contributed by atoms with E-state index < -0.39 is 5.91 Å². The Morgan fingerprint density at radius 3 is 2.56 bits per heavy atom. The number of nitrogens with zero attached hydrogens (tertiary/aromatic N) is 1. The van der Waals surface area contributed by atoms with Gasteiger partial charge in [0.05, 0.1) is 35.0 Å². The van der Waals surface area contributed by atoms with Gasteiger partial charge in [0, 0.05) is 5.56 Å². The molecule has 0 bridgehead atoms. The second-order valence-corrected chi connectivity index (χ2v) is 6.02. The lowest BCUT2D eigenvalue weighted by Gasteiger charge is -2.11. The molecule has 0 saturated heterocycles. The molecule has 0 aliphatic rings. The summed E-state index contributed by atoms with van der Waals surface area (Å²) in [4.78, 5) is 12.0. The minimum Gasteiger partial charge on any atom is -0.493 e. The van der Waals surface area contributed by atoms with Gasteiger partial charge in [-0.05, 0) is 42.8 Å². The molecule has 0 atom stereocenters. The minimum absolute atomic E-state index is 0.293. The van der Waals surface area contributed by atoms with Crippen LogP contribution < -0.4 is 14.9 Å². The fraction of sp³-hybridized carbons (Fsp3) is 0.176. The number of hydrogen-bond donors (Lipinski definition) is 1. The number of carbonyl (C=O) groups excluding carboxylic acids is 1. The Kier molecular flexibility index (Phi) is 6.93. The number of methoxy groups -OCH3 is 1. The summed E-state index contributed by atoms with van der Waals surface area (Å²) in [5, 5.41) is 4.96. The topological polar surface area (TPSA) is 59.9 Å². The van der Waals surface area contributed by atoms with Crippen molar-refractivity contribution in [1.82, 2.24) is 5.43 Å². The van der Waals surface area contributed by atoms with Gasteiger partial charge in [0.2, 0.25) is 0 Å². The molecule has 2 aromatic carbocycles. The van der Waals surface area contributed by atoms with Crippen molar-refractivity contribution in [1.29, 1.82) is 0 Å². The Hall–Kier alpha value is -1.95. The van der Waals surface area contributed by atoms with Crippen LogP contribution in [-0.4, -0.2) is 25.8 Å². The van der Waals surface area contributed by atoms with Crippen LogP contribution in [0.4, 0.5) is 0 Å². The first-order valence-electron chi connectivity index (χ1n) is 7.25. The molecule has 0 heterocycles. The molecule has 1 N–H and O–H groups in total. The summed E-state index contributed by atoms with van der Waals surface area (Å²) < 4.78 is 10.7. The predicted octanol–water partition coefficient (Wildman–Crippen LogP) is 4.82. The van der Waals surface area contributed by atoms with Crippen molar-refractivity contribution in [3.8, 4) is 11.5 Å². The third-order valence-electron chi connectivity index (χ3n) is 3.10. The SMILES string of the molecule is CCOc1c(Cl)cc(/C=N\NC(=O)c2ccc(Cl)c(Cl)c2)cc1OC. The first kappa shape index (κ1) is 19.4. The zero-order valence-corrected chi connectivity index (χ0v) is 15.7. The number of hydrazone groups is 1. The Morgan fingerprint density at radius 2 is 1.92 bits per heavy atom. The van der Waals surface area contributed by atoms with Crippen LogP contribution >= 0.6 is 34.8 Å². The molecule has 0 spiro atoms. The monoisotopic (exact) mass is 400 g/mol. The standard InChI is InChI=1S/C17H15Cl3N2O3/c1-3-25-16-14(20)6-10(7-15(16)24-2)9-21-22-17(23)11-4-5-12(18)13(19)8-11/h4-9H,3H2,1-2H3,(H,22,23)/b21-9-. The molecule has 0 saturated carbocycles. The maximum Gasteiger partial charge on any atom is 0.271 e. The van der Waals surface area contributed by atoms with Gasteiger partial charge in [0.15, 0.2) is 11.5 Å². The number of amides is 1. The molecular formula is C17H15Cl3N2O3. The Balaban J connectivity index is 2.12. The smallest absolute Gasteiger partial charge is 0.271 e. The Bertz CT molecular complexity index is 810. The summed E-state index contributed by atoms with van der Waals surface area (Å²) in [6, 6.07) is 7.91. The van der Waals surface area contributed by atoms with E-state index in [1.54, 1.807) is 24.3 Å². The summed E-state index contributed by atoms with van der Waals surface area (Å²) in [5.74, 6) is 0.522. The van der Waals surface area contributed by atoms with Gasteiger partial charge in [-0.15, -0.1) is 0 Å². The summed E-state index contributed by atoms with van der Waals surface area (Å²) in [6.07, 6.45) is 1.44. The highest BCUT2D eigenvalue weighted by atomic mass is 35.5. The lowest BCUT2D eigenvalue weighted by Crippen LogP contribution is -2.17. The molecular weight excluding hydrogens is 387 g/mol. The molecule has 1 amide bonds. The minimum atomic E-state index is -0.418. The molecule has 2 rings (SSSR count). The van der Waals surface area contributed by atoms with E-state index in [0.717, 1.165) is 0 Å². The van der Waals surface area contributed by atoms with Crippen molar-refractivity contribution >= 4 is 46.9 Å². The van der Waals surface area contributed by atoms with Crippen molar-refractivity contribution in [2.75, 3.05) is 13.7 Å². The Labute approximate surface area is 160 Å². The van der Waals surface area contributed by atoms with E-state index in [9.17, 15) is 4.79 Å². The lowest BCUT2D eigenvalue weighted by atomic mass is 10.2. The van der Waals surface area contributed by atoms with E-state index in [1.807, 2.05) is 6.92 Å². The van der Waals surface area contributed by atoms with E-state index >= 15 is 0 Å². The van der Waals surface area contributed by atoms with E-state index in [1.165, 1.54) is 19.4 Å². The predicted molar refractivity (Wildman–Crippen MR) is 101 cm³/mol. The Morgan fingerprint density at radius 1 is 1.16 bits per heavy atom. The van der Waals surface area contributed by atoms with Crippen molar-refractivity contribution in [2.24, 2.45) is 5.10 Å². The third kappa shape index (κ3) is 5.01. The summed E-state index contributed by atoms with van der Waals surface area (Å²) in [5.41, 5.74) is 3.38. The van der Waals surface area contributed by atoms with Crippen LogP contribution in [0.3, 0.4) is 0 Å². The summed E-state index contributed by atoms with van der Waals surface area (Å²) in [6.45, 7) is 2.31. The highest BCUT2D eigenvalue weighted by molar-refractivity contribution is 6.42. The van der Waals surface area contributed by atoms with Gasteiger partial charge >= 0.3 is 0 Å². The molecule has 0 aliphatic carbocycles. The fourth-order valence-electron chi connectivity index (χ4n) is 1.97. The average molecular weight is 402 g/mol. The van der Waals surface area contributed by atoms with E-state index in [4.69, 9.17) is 44.3 Å². The molecule has 5 nitrogen and oxygen atoms in total. The first-order valence-corrected chi connectivity index (χ1v) is 8.38. The number of hydrogen-bond acceptors (Lipinski definition) is 4. The summed E-state index contributed by atoms with van der Waals surface area (Å²) in [7, 11) is 1.52. The van der Waals surface area contributed by atoms with Crippen LogP contribution in [0.25, 0.3) is 0 Å². The van der Waals surface area contributed by atoms with Gasteiger partial charge < -0.3 is 9.47 Å². The van der Waals surface area contributed by atoms with Crippen LogP contribution in [0.15, 0.2) is 35.4 Å². The van der Waals surface area contributed by atoms with Crippen molar-refractivity contribution in [2.45, 2.75) is 6.92 Å². The summed E-state index contributed by atoms with van der Waals surface area (Å²) >= 11 is 17.9. The molecule has 0 radical (unpaired) electrons. The number of benzene rings is 2. The number of ether oxygens (including phenoxy) is 2. The third-order valence-corrected chi connectivity index (χ3v) is 4.12. The maximum atomic E-state index is 12.0. The molecule has 0 unspecified atom stereocenters. The lowest BCUT2D eigenvalue weighted by molar-refractivity contribution is 0.0955.